The molecule has 106 valence electrons. The Labute approximate surface area is 114 Å². The number of aliphatic hydroxyl groups is 1. The number of rotatable bonds is 7. The highest BCUT2D eigenvalue weighted by Crippen LogP contribution is 2.20. The van der Waals surface area contributed by atoms with Gasteiger partial charge in [0.05, 0.1) is 12.1 Å². The molecule has 1 atom stereocenters. The highest BCUT2D eigenvalue weighted by molar-refractivity contribution is 5.83. The summed E-state index contributed by atoms with van der Waals surface area (Å²) in [5.41, 5.74) is 0.240. The summed E-state index contributed by atoms with van der Waals surface area (Å²) < 4.78 is 5.28. The first-order valence-corrected chi connectivity index (χ1v) is 6.63. The summed E-state index contributed by atoms with van der Waals surface area (Å²) in [7, 11) is 1.51. The van der Waals surface area contributed by atoms with E-state index in [-0.39, 0.29) is 12.5 Å². The zero-order valence-corrected chi connectivity index (χ0v) is 11.8. The molecule has 4 nitrogen and oxygen atoms in total. The van der Waals surface area contributed by atoms with Gasteiger partial charge in [-0.05, 0) is 18.4 Å². The lowest BCUT2D eigenvalue weighted by Crippen LogP contribution is -2.52. The first-order chi connectivity index (χ1) is 9.12. The van der Waals surface area contributed by atoms with Crippen molar-refractivity contribution in [2.45, 2.75) is 38.3 Å². The van der Waals surface area contributed by atoms with Gasteiger partial charge in [0.1, 0.15) is 0 Å². The third-order valence-electron chi connectivity index (χ3n) is 3.62. The Bertz CT molecular complexity index is 379. The van der Waals surface area contributed by atoms with Gasteiger partial charge in [-0.25, -0.2) is 0 Å². The molecule has 0 bridgehead atoms. The molecule has 1 rings (SSSR count). The number of hydrogen-bond donors (Lipinski definition) is 2. The number of ether oxygens (including phenoxy) is 1. The maximum Gasteiger partial charge on any atom is 0.254 e. The van der Waals surface area contributed by atoms with Crippen molar-refractivity contribution < 1.29 is 14.6 Å². The third kappa shape index (κ3) is 3.78. The van der Waals surface area contributed by atoms with E-state index in [0.29, 0.717) is 12.8 Å². The highest BCUT2D eigenvalue weighted by atomic mass is 16.5. The summed E-state index contributed by atoms with van der Waals surface area (Å²) in [5.74, 6) is -0.216. The standard InChI is InChI=1S/C15H23NO3/c1-4-15(5-2,11-17)16-14(18)13(19-3)12-9-7-6-8-10-12/h6-10,13,17H,4-5,11H2,1-3H3,(H,16,18). The summed E-state index contributed by atoms with van der Waals surface area (Å²) in [6.45, 7) is 3.83. The quantitative estimate of drug-likeness (QED) is 0.793. The van der Waals surface area contributed by atoms with Crippen molar-refractivity contribution in [1.29, 1.82) is 0 Å². The fraction of sp³-hybridized carbons (Fsp3) is 0.533. The topological polar surface area (TPSA) is 58.6 Å². The van der Waals surface area contributed by atoms with Gasteiger partial charge in [-0.1, -0.05) is 44.2 Å². The fourth-order valence-corrected chi connectivity index (χ4v) is 2.04. The fourth-order valence-electron chi connectivity index (χ4n) is 2.04. The SMILES string of the molecule is CCC(CC)(CO)NC(=O)C(OC)c1ccccc1. The molecule has 0 saturated carbocycles. The van der Waals surface area contributed by atoms with Crippen molar-refractivity contribution in [3.63, 3.8) is 0 Å². The lowest BCUT2D eigenvalue weighted by atomic mass is 9.93. The first-order valence-electron chi connectivity index (χ1n) is 6.63. The van der Waals surface area contributed by atoms with Crippen LogP contribution in [0.25, 0.3) is 0 Å². The van der Waals surface area contributed by atoms with Crippen molar-refractivity contribution in [2.75, 3.05) is 13.7 Å². The summed E-state index contributed by atoms with van der Waals surface area (Å²) in [4.78, 5) is 12.3. The van der Waals surface area contributed by atoms with Crippen LogP contribution >= 0.6 is 0 Å². The second-order valence-electron chi connectivity index (χ2n) is 4.66. The van der Waals surface area contributed by atoms with Crippen molar-refractivity contribution in [3.05, 3.63) is 35.9 Å². The van der Waals surface area contributed by atoms with Gasteiger partial charge in [-0.3, -0.25) is 4.79 Å². The van der Waals surface area contributed by atoms with Crippen molar-refractivity contribution >= 4 is 5.91 Å². The number of methoxy groups -OCH3 is 1. The Hall–Kier alpha value is -1.39. The number of benzene rings is 1. The number of amides is 1. The van der Waals surface area contributed by atoms with E-state index in [2.05, 4.69) is 5.32 Å². The molecule has 0 saturated heterocycles. The molecule has 2 N–H and O–H groups in total. The normalized spacial score (nSPS) is 13.1. The van der Waals surface area contributed by atoms with Gasteiger partial charge >= 0.3 is 0 Å². The molecular weight excluding hydrogens is 242 g/mol. The monoisotopic (exact) mass is 265 g/mol. The van der Waals surface area contributed by atoms with E-state index in [9.17, 15) is 9.90 Å². The second-order valence-corrected chi connectivity index (χ2v) is 4.66. The van der Waals surface area contributed by atoms with Gasteiger partial charge in [0.25, 0.3) is 5.91 Å². The van der Waals surface area contributed by atoms with Crippen LogP contribution in [0.4, 0.5) is 0 Å². The van der Waals surface area contributed by atoms with Gasteiger partial charge in [-0.15, -0.1) is 0 Å². The minimum atomic E-state index is -0.648. The zero-order chi connectivity index (χ0) is 14.3. The molecule has 19 heavy (non-hydrogen) atoms. The van der Waals surface area contributed by atoms with Crippen LogP contribution in [0.3, 0.4) is 0 Å². The van der Waals surface area contributed by atoms with E-state index >= 15 is 0 Å². The summed E-state index contributed by atoms with van der Waals surface area (Å²) >= 11 is 0. The Morgan fingerprint density at radius 3 is 2.32 bits per heavy atom. The number of carbonyl (C=O) groups is 1. The Balaban J connectivity index is 2.86. The largest absolute Gasteiger partial charge is 0.394 e. The zero-order valence-electron chi connectivity index (χ0n) is 11.8. The van der Waals surface area contributed by atoms with Crippen molar-refractivity contribution in [1.82, 2.24) is 5.32 Å². The number of aliphatic hydroxyl groups excluding tert-OH is 1. The minimum absolute atomic E-state index is 0.0725. The van der Waals surface area contributed by atoms with Gasteiger partial charge in [0, 0.05) is 7.11 Å². The summed E-state index contributed by atoms with van der Waals surface area (Å²) in [6, 6.07) is 9.34. The van der Waals surface area contributed by atoms with Crippen LogP contribution in [0, 0.1) is 0 Å². The van der Waals surface area contributed by atoms with Crippen LogP contribution < -0.4 is 5.32 Å². The second kappa shape index (κ2) is 7.26. The molecule has 0 aliphatic rings. The van der Waals surface area contributed by atoms with Crippen LogP contribution in [-0.4, -0.2) is 30.3 Å². The Morgan fingerprint density at radius 1 is 1.32 bits per heavy atom. The first kappa shape index (κ1) is 15.7. The lowest BCUT2D eigenvalue weighted by Gasteiger charge is -2.32. The van der Waals surface area contributed by atoms with Gasteiger partial charge in [0.2, 0.25) is 0 Å². The average molecular weight is 265 g/mol. The number of carbonyl (C=O) groups excluding carboxylic acids is 1. The van der Waals surface area contributed by atoms with Crippen LogP contribution in [0.15, 0.2) is 30.3 Å². The molecule has 0 spiro atoms. The minimum Gasteiger partial charge on any atom is -0.394 e. The van der Waals surface area contributed by atoms with Crippen LogP contribution in [-0.2, 0) is 9.53 Å². The van der Waals surface area contributed by atoms with Crippen LogP contribution in [0.2, 0.25) is 0 Å². The molecule has 0 aliphatic carbocycles. The van der Waals surface area contributed by atoms with Crippen LogP contribution in [0.1, 0.15) is 38.4 Å². The average Bonchev–Trinajstić information content (AvgIpc) is 2.47. The van der Waals surface area contributed by atoms with Gasteiger partial charge in [-0.2, -0.15) is 0 Å². The maximum absolute atomic E-state index is 12.3. The molecule has 1 aromatic rings. The molecule has 0 heterocycles. The van der Waals surface area contributed by atoms with E-state index in [1.54, 1.807) is 0 Å². The molecule has 0 aliphatic heterocycles. The summed E-state index contributed by atoms with van der Waals surface area (Å²) in [6.07, 6.45) is 0.707. The molecule has 0 aromatic heterocycles. The van der Waals surface area contributed by atoms with E-state index in [1.165, 1.54) is 7.11 Å². The predicted molar refractivity (Wildman–Crippen MR) is 74.7 cm³/mol. The summed E-state index contributed by atoms with van der Waals surface area (Å²) in [5, 5.41) is 12.4. The molecule has 4 heteroatoms. The molecule has 1 unspecified atom stereocenters. The van der Waals surface area contributed by atoms with Gasteiger partial charge < -0.3 is 15.2 Å². The third-order valence-corrected chi connectivity index (χ3v) is 3.62. The highest BCUT2D eigenvalue weighted by Gasteiger charge is 2.31. The van der Waals surface area contributed by atoms with E-state index < -0.39 is 11.6 Å². The Morgan fingerprint density at radius 2 is 1.89 bits per heavy atom. The number of nitrogens with one attached hydrogen (secondary N) is 1. The lowest BCUT2D eigenvalue weighted by molar-refractivity contribution is -0.134. The molecule has 1 aromatic carbocycles. The predicted octanol–water partition coefficient (Wildman–Crippen LogP) is 2.04. The molecule has 0 fully saturated rings. The molecular formula is C15H23NO3. The molecule has 0 radical (unpaired) electrons. The maximum atomic E-state index is 12.3. The van der Waals surface area contributed by atoms with Crippen molar-refractivity contribution in [2.24, 2.45) is 0 Å². The number of hydrogen-bond acceptors (Lipinski definition) is 3. The molecule has 1 amide bonds. The van der Waals surface area contributed by atoms with Crippen LogP contribution in [0.5, 0.6) is 0 Å². The van der Waals surface area contributed by atoms with E-state index in [0.717, 1.165) is 5.56 Å². The Kier molecular flexibility index (Phi) is 5.99. The smallest absolute Gasteiger partial charge is 0.254 e. The van der Waals surface area contributed by atoms with Crippen molar-refractivity contribution in [3.8, 4) is 0 Å². The van der Waals surface area contributed by atoms with E-state index in [4.69, 9.17) is 4.74 Å². The van der Waals surface area contributed by atoms with E-state index in [1.807, 2.05) is 44.2 Å². The van der Waals surface area contributed by atoms with Gasteiger partial charge in [0.15, 0.2) is 6.10 Å².